The van der Waals surface area contributed by atoms with Crippen LogP contribution in [0.4, 0.5) is 0 Å². The number of benzene rings is 2. The van der Waals surface area contributed by atoms with Gasteiger partial charge in [-0.05, 0) is 61.7 Å². The average Bonchev–Trinajstić information content (AvgIpc) is 3.49. The number of nitrogens with zero attached hydrogens (tertiary/aromatic N) is 3. The molecule has 0 atom stereocenters. The van der Waals surface area contributed by atoms with Gasteiger partial charge in [-0.1, -0.05) is 41.7 Å². The Balaban J connectivity index is 0.000000806. The molecule has 35 heavy (non-hydrogen) atoms. The summed E-state index contributed by atoms with van der Waals surface area (Å²) in [5.41, 5.74) is 4.26. The SMILES string of the molecule is O=CO.c1ccc(C2CCN(Cc3coc4cc(Oc5nc6ncccc6s5)ccc34)CC2)cc1. The van der Waals surface area contributed by atoms with Crippen molar-refractivity contribution in [1.82, 2.24) is 14.9 Å². The van der Waals surface area contributed by atoms with Crippen molar-refractivity contribution in [3.63, 3.8) is 0 Å². The van der Waals surface area contributed by atoms with Gasteiger partial charge in [-0.25, -0.2) is 4.98 Å². The molecular formula is C27H25N3O4S. The average molecular weight is 488 g/mol. The van der Waals surface area contributed by atoms with E-state index >= 15 is 0 Å². The highest BCUT2D eigenvalue weighted by molar-refractivity contribution is 7.20. The summed E-state index contributed by atoms with van der Waals surface area (Å²) < 4.78 is 12.9. The van der Waals surface area contributed by atoms with Crippen molar-refractivity contribution in [2.24, 2.45) is 0 Å². The van der Waals surface area contributed by atoms with Gasteiger partial charge in [-0.15, -0.1) is 0 Å². The molecule has 7 nitrogen and oxygen atoms in total. The zero-order valence-corrected chi connectivity index (χ0v) is 19.9. The number of hydrogen-bond donors (Lipinski definition) is 1. The van der Waals surface area contributed by atoms with E-state index in [0.29, 0.717) is 16.8 Å². The third-order valence-corrected chi connectivity index (χ3v) is 7.12. The quantitative estimate of drug-likeness (QED) is 0.291. The molecule has 8 heteroatoms. The molecule has 0 radical (unpaired) electrons. The number of pyridine rings is 1. The molecule has 1 aliphatic rings. The largest absolute Gasteiger partial charge is 0.483 e. The van der Waals surface area contributed by atoms with Crippen molar-refractivity contribution in [3.05, 3.63) is 84.3 Å². The summed E-state index contributed by atoms with van der Waals surface area (Å²) in [5.74, 6) is 1.40. The minimum absolute atomic E-state index is 0.250. The number of aromatic nitrogens is 2. The fraction of sp³-hybridized carbons (Fsp3) is 0.222. The van der Waals surface area contributed by atoms with E-state index in [4.69, 9.17) is 19.1 Å². The van der Waals surface area contributed by atoms with Gasteiger partial charge in [0.05, 0.1) is 11.0 Å². The van der Waals surface area contributed by atoms with Crippen LogP contribution in [0.2, 0.25) is 0 Å². The number of rotatable bonds is 5. The van der Waals surface area contributed by atoms with Crippen LogP contribution in [-0.2, 0) is 11.3 Å². The van der Waals surface area contributed by atoms with Crippen LogP contribution in [0.3, 0.4) is 0 Å². The van der Waals surface area contributed by atoms with Gasteiger partial charge < -0.3 is 14.3 Å². The molecule has 1 N–H and O–H groups in total. The first kappa shape index (κ1) is 23.0. The standard InChI is InChI=1S/C26H23N3O2S.CH2O2/c1-2-5-18(6-3-1)19-10-13-29(14-11-19)16-20-17-30-23-15-21(8-9-22(20)23)31-26-28-25-24(32-26)7-4-12-27-25;2-1-3/h1-9,12,15,17,19H,10-11,13-14,16H2;1H,(H,2,3). The fourth-order valence-electron chi connectivity index (χ4n) is 4.53. The first-order valence-electron chi connectivity index (χ1n) is 11.5. The summed E-state index contributed by atoms with van der Waals surface area (Å²) in [4.78, 5) is 19.6. The van der Waals surface area contributed by atoms with Gasteiger partial charge in [0.15, 0.2) is 5.65 Å². The van der Waals surface area contributed by atoms with Gasteiger partial charge in [-0.3, -0.25) is 9.69 Å². The van der Waals surface area contributed by atoms with Crippen LogP contribution >= 0.6 is 11.3 Å². The Bertz CT molecular complexity index is 1380. The summed E-state index contributed by atoms with van der Waals surface area (Å²) in [7, 11) is 0. The number of carbonyl (C=O) groups is 1. The van der Waals surface area contributed by atoms with E-state index in [0.717, 1.165) is 41.1 Å². The third-order valence-electron chi connectivity index (χ3n) is 6.23. The highest BCUT2D eigenvalue weighted by Gasteiger charge is 2.21. The lowest BCUT2D eigenvalue weighted by Crippen LogP contribution is -2.32. The molecule has 0 spiro atoms. The smallest absolute Gasteiger partial charge is 0.290 e. The van der Waals surface area contributed by atoms with Gasteiger partial charge in [0, 0.05) is 29.8 Å². The first-order chi connectivity index (χ1) is 17.2. The minimum atomic E-state index is -0.250. The Labute approximate surface area is 206 Å². The molecule has 3 aromatic heterocycles. The Kier molecular flexibility index (Phi) is 7.02. The lowest BCUT2D eigenvalue weighted by molar-refractivity contribution is -0.122. The molecule has 178 valence electrons. The van der Waals surface area contributed by atoms with Crippen LogP contribution in [0.1, 0.15) is 29.9 Å². The van der Waals surface area contributed by atoms with E-state index in [1.54, 1.807) is 6.20 Å². The molecule has 1 fully saturated rings. The van der Waals surface area contributed by atoms with Crippen molar-refractivity contribution in [1.29, 1.82) is 0 Å². The summed E-state index contributed by atoms with van der Waals surface area (Å²) >= 11 is 1.49. The topological polar surface area (TPSA) is 88.7 Å². The van der Waals surface area contributed by atoms with Crippen molar-refractivity contribution in [2.45, 2.75) is 25.3 Å². The lowest BCUT2D eigenvalue weighted by atomic mass is 9.89. The normalized spacial score (nSPS) is 14.5. The number of thiazole rings is 1. The number of fused-ring (bicyclic) bond motifs is 2. The summed E-state index contributed by atoms with van der Waals surface area (Å²) in [6.45, 7) is 2.89. The van der Waals surface area contributed by atoms with Crippen LogP contribution in [0.5, 0.6) is 10.9 Å². The number of ether oxygens (including phenoxy) is 1. The monoisotopic (exact) mass is 487 g/mol. The summed E-state index contributed by atoms with van der Waals surface area (Å²) in [6.07, 6.45) is 6.04. The molecule has 0 aliphatic carbocycles. The van der Waals surface area contributed by atoms with E-state index in [2.05, 4.69) is 51.3 Å². The highest BCUT2D eigenvalue weighted by atomic mass is 32.1. The third kappa shape index (κ3) is 5.34. The molecule has 1 saturated heterocycles. The number of hydrogen-bond acceptors (Lipinski definition) is 7. The van der Waals surface area contributed by atoms with E-state index in [-0.39, 0.29) is 6.47 Å². The summed E-state index contributed by atoms with van der Waals surface area (Å²) in [5, 5.41) is 8.62. The molecule has 4 heterocycles. The maximum absolute atomic E-state index is 8.36. The molecule has 0 amide bonds. The van der Waals surface area contributed by atoms with Crippen LogP contribution < -0.4 is 4.74 Å². The van der Waals surface area contributed by atoms with Crippen LogP contribution in [0.25, 0.3) is 21.3 Å². The molecule has 0 bridgehead atoms. The first-order valence-corrected chi connectivity index (χ1v) is 12.3. The van der Waals surface area contributed by atoms with Crippen LogP contribution in [0.15, 0.2) is 77.5 Å². The van der Waals surface area contributed by atoms with Crippen molar-refractivity contribution in [3.8, 4) is 10.9 Å². The molecule has 0 saturated carbocycles. The van der Waals surface area contributed by atoms with Crippen molar-refractivity contribution in [2.75, 3.05) is 13.1 Å². The molecule has 1 aliphatic heterocycles. The Morgan fingerprint density at radius 2 is 1.91 bits per heavy atom. The second-order valence-corrected chi connectivity index (χ2v) is 9.39. The second kappa shape index (κ2) is 10.7. The molecule has 2 aromatic carbocycles. The Hall–Kier alpha value is -3.75. The van der Waals surface area contributed by atoms with Gasteiger partial charge >= 0.3 is 0 Å². The van der Waals surface area contributed by atoms with Gasteiger partial charge in [-0.2, -0.15) is 4.98 Å². The predicted molar refractivity (Wildman–Crippen MR) is 136 cm³/mol. The Morgan fingerprint density at radius 3 is 2.69 bits per heavy atom. The van der Waals surface area contributed by atoms with Crippen LogP contribution in [0, 0.1) is 0 Å². The van der Waals surface area contributed by atoms with E-state index in [1.807, 2.05) is 30.5 Å². The van der Waals surface area contributed by atoms with Crippen molar-refractivity contribution < 1.29 is 19.1 Å². The molecular weight excluding hydrogens is 462 g/mol. The molecule has 6 rings (SSSR count). The number of piperidine rings is 1. The second-order valence-electron chi connectivity index (χ2n) is 8.39. The van der Waals surface area contributed by atoms with Crippen molar-refractivity contribution >= 4 is 39.1 Å². The summed E-state index contributed by atoms with van der Waals surface area (Å²) in [6, 6.07) is 20.8. The van der Waals surface area contributed by atoms with Gasteiger partial charge in [0.25, 0.3) is 11.7 Å². The zero-order valence-electron chi connectivity index (χ0n) is 19.0. The number of likely N-dealkylation sites (tertiary alicyclic amines) is 1. The number of carboxylic acid groups (broad SMARTS) is 1. The van der Waals surface area contributed by atoms with E-state index in [9.17, 15) is 0 Å². The molecule has 0 unspecified atom stereocenters. The number of furan rings is 1. The maximum Gasteiger partial charge on any atom is 0.290 e. The van der Waals surface area contributed by atoms with Crippen LogP contribution in [-0.4, -0.2) is 39.5 Å². The predicted octanol–water partition coefficient (Wildman–Crippen LogP) is 6.31. The fourth-order valence-corrected chi connectivity index (χ4v) is 5.33. The van der Waals surface area contributed by atoms with Gasteiger partial charge in [0.2, 0.25) is 0 Å². The minimum Gasteiger partial charge on any atom is -0.483 e. The van der Waals surface area contributed by atoms with Gasteiger partial charge in [0.1, 0.15) is 11.3 Å². The zero-order chi connectivity index (χ0) is 24.0. The Morgan fingerprint density at radius 1 is 1.11 bits per heavy atom. The molecule has 5 aromatic rings. The highest BCUT2D eigenvalue weighted by Crippen LogP contribution is 2.34. The maximum atomic E-state index is 8.36. The lowest BCUT2D eigenvalue weighted by Gasteiger charge is -2.32. The van der Waals surface area contributed by atoms with E-state index in [1.165, 1.54) is 35.3 Å². The van der Waals surface area contributed by atoms with E-state index < -0.39 is 0 Å².